The average molecular weight is 513 g/mol. The highest BCUT2D eigenvalue weighted by Crippen LogP contribution is 2.46. The molecule has 0 fully saturated rings. The summed E-state index contributed by atoms with van der Waals surface area (Å²) >= 11 is 1.27. The second kappa shape index (κ2) is 9.78. The maximum absolute atomic E-state index is 13.5. The number of rotatable bonds is 6. The van der Waals surface area contributed by atoms with E-state index in [4.69, 9.17) is 0 Å². The van der Waals surface area contributed by atoms with Crippen molar-refractivity contribution in [2.24, 2.45) is 0 Å². The molecule has 1 aromatic heterocycles. The highest BCUT2D eigenvalue weighted by atomic mass is 32.2. The van der Waals surface area contributed by atoms with E-state index in [1.165, 1.54) is 11.8 Å². The van der Waals surface area contributed by atoms with Gasteiger partial charge in [-0.2, -0.15) is 0 Å². The molecule has 3 N–H and O–H groups in total. The molecule has 7 nitrogen and oxygen atoms in total. The largest absolute Gasteiger partial charge is 0.353 e. The van der Waals surface area contributed by atoms with Gasteiger partial charge in [0.15, 0.2) is 0 Å². The number of hydrogen-bond donors (Lipinski definition) is 3. The normalized spacial score (nSPS) is 16.3. The fraction of sp³-hybridized carbons (Fsp3) is 0.207. The summed E-state index contributed by atoms with van der Waals surface area (Å²) in [5.74, 6) is -1.02. The summed E-state index contributed by atoms with van der Waals surface area (Å²) in [5, 5.41) is 9.84. The number of carbonyl (C=O) groups is 3. The van der Waals surface area contributed by atoms with Crippen LogP contribution in [0.5, 0.6) is 0 Å². The van der Waals surface area contributed by atoms with E-state index < -0.39 is 5.92 Å². The molecule has 0 saturated heterocycles. The molecule has 0 bridgehead atoms. The third-order valence-corrected chi connectivity index (χ3v) is 7.72. The monoisotopic (exact) mass is 512 g/mol. The zero-order valence-electron chi connectivity index (χ0n) is 21.1. The molecule has 8 heteroatoms. The van der Waals surface area contributed by atoms with Crippen LogP contribution >= 0.6 is 11.8 Å². The first-order chi connectivity index (χ1) is 17.7. The lowest BCUT2D eigenvalue weighted by Crippen LogP contribution is -2.31. The van der Waals surface area contributed by atoms with E-state index >= 15 is 0 Å². The van der Waals surface area contributed by atoms with Gasteiger partial charge in [0.25, 0.3) is 11.8 Å². The predicted molar refractivity (Wildman–Crippen MR) is 147 cm³/mol. The standard InChI is InChI=1S/C29H28N4O3S/c1-16-11-12-18(3)21(14-16)31-23(34)15-37-28-26-25(22-10-7-13-33(22)29(26)36)24(19(4)30-28)27(35)32-20-9-6-5-8-17(20)2/h5-14,25,30H,15H2,1-4H3,(H,31,34)(H,32,35). The number of carbonyl (C=O) groups excluding carboxylic acids is 3. The van der Waals surface area contributed by atoms with Gasteiger partial charge in [-0.25, -0.2) is 0 Å². The molecular weight excluding hydrogens is 484 g/mol. The van der Waals surface area contributed by atoms with Crippen molar-refractivity contribution < 1.29 is 14.4 Å². The first-order valence-corrected chi connectivity index (χ1v) is 13.0. The number of hydrogen-bond acceptors (Lipinski definition) is 5. The number of para-hydroxylation sites is 1. The van der Waals surface area contributed by atoms with Gasteiger partial charge in [-0.15, -0.1) is 0 Å². The van der Waals surface area contributed by atoms with E-state index in [1.807, 2.05) is 82.3 Å². The van der Waals surface area contributed by atoms with E-state index in [1.54, 1.807) is 10.8 Å². The van der Waals surface area contributed by atoms with Crippen LogP contribution in [0.1, 0.15) is 40.0 Å². The molecule has 37 heavy (non-hydrogen) atoms. The number of anilines is 2. The molecule has 2 aromatic carbocycles. The maximum Gasteiger partial charge on any atom is 0.261 e. The van der Waals surface area contributed by atoms with Crippen molar-refractivity contribution in [2.75, 3.05) is 16.4 Å². The van der Waals surface area contributed by atoms with Gasteiger partial charge in [-0.1, -0.05) is 42.1 Å². The van der Waals surface area contributed by atoms with Crippen LogP contribution in [0.3, 0.4) is 0 Å². The second-order valence-corrected chi connectivity index (χ2v) is 10.4. The van der Waals surface area contributed by atoms with Gasteiger partial charge in [0, 0.05) is 34.5 Å². The van der Waals surface area contributed by atoms with Gasteiger partial charge >= 0.3 is 0 Å². The molecule has 0 aliphatic carbocycles. The van der Waals surface area contributed by atoms with Crippen LogP contribution in [-0.4, -0.2) is 28.0 Å². The number of aryl methyl sites for hydroxylation is 3. The Balaban J connectivity index is 1.41. The number of allylic oxidation sites excluding steroid dienone is 2. The zero-order chi connectivity index (χ0) is 26.3. The van der Waals surface area contributed by atoms with E-state index in [2.05, 4.69) is 16.0 Å². The number of benzene rings is 2. The van der Waals surface area contributed by atoms with Crippen LogP contribution in [0, 0.1) is 20.8 Å². The van der Waals surface area contributed by atoms with Crippen LogP contribution in [-0.2, 0) is 9.59 Å². The molecule has 5 rings (SSSR count). The van der Waals surface area contributed by atoms with Crippen molar-refractivity contribution in [3.63, 3.8) is 0 Å². The minimum Gasteiger partial charge on any atom is -0.353 e. The topological polar surface area (TPSA) is 92.2 Å². The summed E-state index contributed by atoms with van der Waals surface area (Å²) in [7, 11) is 0. The Morgan fingerprint density at radius 2 is 1.70 bits per heavy atom. The van der Waals surface area contributed by atoms with Crippen molar-refractivity contribution in [1.29, 1.82) is 0 Å². The highest BCUT2D eigenvalue weighted by molar-refractivity contribution is 8.03. The van der Waals surface area contributed by atoms with Crippen LogP contribution in [0.2, 0.25) is 0 Å². The third kappa shape index (κ3) is 4.60. The second-order valence-electron chi connectivity index (χ2n) is 9.37. The van der Waals surface area contributed by atoms with Gasteiger partial charge in [-0.05, 0) is 68.7 Å². The smallest absolute Gasteiger partial charge is 0.261 e. The lowest BCUT2D eigenvalue weighted by molar-refractivity contribution is -0.114. The molecule has 0 spiro atoms. The molecular formula is C29H28N4O3S. The highest BCUT2D eigenvalue weighted by Gasteiger charge is 2.44. The SMILES string of the molecule is CC1=C(C(=O)Nc2ccccc2C)C2C(=C(SCC(=O)Nc3cc(C)ccc3C)N1)C(=O)n1cccc12. The fourth-order valence-corrected chi connectivity index (χ4v) is 5.70. The van der Waals surface area contributed by atoms with E-state index in [-0.39, 0.29) is 23.5 Å². The van der Waals surface area contributed by atoms with E-state index in [0.717, 1.165) is 33.8 Å². The number of fused-ring (bicyclic) bond motifs is 3. The minimum atomic E-state index is -0.516. The average Bonchev–Trinajstić information content (AvgIpc) is 3.44. The fourth-order valence-electron chi connectivity index (χ4n) is 4.77. The minimum absolute atomic E-state index is 0.117. The summed E-state index contributed by atoms with van der Waals surface area (Å²) < 4.78 is 1.58. The Kier molecular flexibility index (Phi) is 6.52. The predicted octanol–water partition coefficient (Wildman–Crippen LogP) is 5.25. The van der Waals surface area contributed by atoms with Crippen LogP contribution < -0.4 is 16.0 Å². The lowest BCUT2D eigenvalue weighted by atomic mass is 9.86. The van der Waals surface area contributed by atoms with Crippen LogP contribution in [0.25, 0.3) is 0 Å². The molecule has 2 aliphatic rings. The molecule has 188 valence electrons. The molecule has 2 amide bonds. The van der Waals surface area contributed by atoms with E-state index in [9.17, 15) is 14.4 Å². The van der Waals surface area contributed by atoms with E-state index in [0.29, 0.717) is 21.9 Å². The number of thioether (sulfide) groups is 1. The molecule has 1 unspecified atom stereocenters. The van der Waals surface area contributed by atoms with Gasteiger partial charge in [-0.3, -0.25) is 19.0 Å². The van der Waals surface area contributed by atoms with Crippen molar-refractivity contribution >= 4 is 40.9 Å². The summed E-state index contributed by atoms with van der Waals surface area (Å²) in [6, 6.07) is 17.2. The summed E-state index contributed by atoms with van der Waals surface area (Å²) in [6.07, 6.45) is 1.71. The van der Waals surface area contributed by atoms with Gasteiger partial charge in [0.2, 0.25) is 5.91 Å². The number of dihydropyridines is 1. The number of amides is 2. The quantitative estimate of drug-likeness (QED) is 0.420. The van der Waals surface area contributed by atoms with Crippen molar-refractivity contribution in [1.82, 2.24) is 9.88 Å². The van der Waals surface area contributed by atoms with Gasteiger partial charge in [0.05, 0.1) is 22.3 Å². The Labute approximate surface area is 220 Å². The number of nitrogens with one attached hydrogen (secondary N) is 3. The molecule has 0 saturated carbocycles. The van der Waals surface area contributed by atoms with Crippen LogP contribution in [0.4, 0.5) is 11.4 Å². The first-order valence-electron chi connectivity index (χ1n) is 12.1. The zero-order valence-corrected chi connectivity index (χ0v) is 22.0. The van der Waals surface area contributed by atoms with Crippen molar-refractivity contribution in [2.45, 2.75) is 33.6 Å². The van der Waals surface area contributed by atoms with Gasteiger partial charge in [0.1, 0.15) is 0 Å². The van der Waals surface area contributed by atoms with Crippen molar-refractivity contribution in [3.8, 4) is 0 Å². The Hall–Kier alpha value is -4.04. The van der Waals surface area contributed by atoms with Crippen molar-refractivity contribution in [3.05, 3.63) is 105 Å². The molecule has 1 atom stereocenters. The first kappa shape index (κ1) is 24.6. The molecule has 3 aromatic rings. The lowest BCUT2D eigenvalue weighted by Gasteiger charge is -2.27. The summed E-state index contributed by atoms with van der Waals surface area (Å²) in [5.41, 5.74) is 6.87. The summed E-state index contributed by atoms with van der Waals surface area (Å²) in [6.45, 7) is 7.69. The Morgan fingerprint density at radius 1 is 0.946 bits per heavy atom. The maximum atomic E-state index is 13.5. The molecule has 2 aliphatic heterocycles. The summed E-state index contributed by atoms with van der Waals surface area (Å²) in [4.78, 5) is 39.7. The third-order valence-electron chi connectivity index (χ3n) is 6.70. The Bertz CT molecular complexity index is 1510. The molecule has 3 heterocycles. The number of aromatic nitrogens is 1. The molecule has 0 radical (unpaired) electrons. The van der Waals surface area contributed by atoms with Crippen LogP contribution in [0.15, 0.2) is 82.7 Å². The Morgan fingerprint density at radius 3 is 2.49 bits per heavy atom. The number of nitrogens with zero attached hydrogens (tertiary/aromatic N) is 1. The van der Waals surface area contributed by atoms with Gasteiger partial charge < -0.3 is 16.0 Å².